The lowest BCUT2D eigenvalue weighted by molar-refractivity contribution is -0.130. The highest BCUT2D eigenvalue weighted by molar-refractivity contribution is 6.82. The van der Waals surface area contributed by atoms with Crippen molar-refractivity contribution >= 4 is 28.7 Å². The normalized spacial score (nSPS) is 14.0. The Bertz CT molecular complexity index is 465. The number of rotatable bonds is 16. The predicted octanol–water partition coefficient (Wildman–Crippen LogP) is 2.55. The Labute approximate surface area is 187 Å². The average Bonchev–Trinajstić information content (AvgIpc) is 2.62. The third-order valence-electron chi connectivity index (χ3n) is 4.32. The van der Waals surface area contributed by atoms with Crippen LogP contribution in [0.3, 0.4) is 0 Å². The van der Waals surface area contributed by atoms with E-state index in [1.807, 2.05) is 0 Å². The van der Waals surface area contributed by atoms with Crippen molar-refractivity contribution in [3.8, 4) is 0 Å². The van der Waals surface area contributed by atoms with E-state index >= 15 is 0 Å². The van der Waals surface area contributed by atoms with Gasteiger partial charge in [-0.2, -0.15) is 0 Å². The molecule has 0 saturated carbocycles. The number of nitrogens with two attached hydrogens (primary N) is 2. The summed E-state index contributed by atoms with van der Waals surface area (Å²) in [6.45, 7) is 10.2. The number of carbonyl (C=O) groups excluding carboxylic acids is 2. The second kappa shape index (κ2) is 17.8. The molecule has 30 heavy (non-hydrogen) atoms. The zero-order valence-corrected chi connectivity index (χ0v) is 20.4. The summed E-state index contributed by atoms with van der Waals surface area (Å²) in [6, 6.07) is 1.77. The van der Waals surface area contributed by atoms with E-state index in [1.165, 1.54) is 0 Å². The Morgan fingerprint density at radius 2 is 1.57 bits per heavy atom. The summed E-state index contributed by atoms with van der Waals surface area (Å²) in [6.07, 6.45) is 2.56. The van der Waals surface area contributed by atoms with Crippen molar-refractivity contribution in [1.82, 2.24) is 10.6 Å². The van der Waals surface area contributed by atoms with Gasteiger partial charge in [0.25, 0.3) is 0 Å². The number of hydrogen-bond donors (Lipinski definition) is 4. The van der Waals surface area contributed by atoms with Crippen LogP contribution in [0.15, 0.2) is 0 Å². The number of hydrogen-bond acceptors (Lipinski definition) is 6. The molecule has 0 aromatic rings. The maximum Gasteiger partial charge on any atom is 0.327 e. The molecule has 2 amide bonds. The fourth-order valence-electron chi connectivity index (χ4n) is 3.20. The van der Waals surface area contributed by atoms with Crippen LogP contribution >= 0.6 is 0 Å². The quantitative estimate of drug-likeness (QED) is 0.259. The Kier molecular flexibility index (Phi) is 20.1. The zero-order valence-electron chi connectivity index (χ0n) is 18.4. The van der Waals surface area contributed by atoms with Gasteiger partial charge in [-0.25, -0.2) is 0 Å². The number of carbonyl (C=O) groups is 2. The van der Waals surface area contributed by atoms with Gasteiger partial charge in [-0.05, 0) is 38.2 Å². The molecule has 0 saturated heterocycles. The van der Waals surface area contributed by atoms with E-state index in [0.717, 1.165) is 24.9 Å². The molecule has 8 nitrogen and oxygen atoms in total. The highest BCUT2D eigenvalue weighted by Gasteiger charge is 2.39. The van der Waals surface area contributed by atoms with Crippen LogP contribution in [0.25, 0.3) is 0 Å². The highest BCUT2D eigenvalue weighted by atomic mass is 28.4. The van der Waals surface area contributed by atoms with Gasteiger partial charge in [0, 0.05) is 45.6 Å². The van der Waals surface area contributed by atoms with E-state index in [4.69, 9.17) is 20.0 Å². The molecule has 0 radical (unpaired) electrons. The molecule has 0 spiro atoms. The molecule has 0 aliphatic heterocycles. The van der Waals surface area contributed by atoms with Crippen LogP contribution in [0.4, 0.5) is 0 Å². The van der Waals surface area contributed by atoms with Gasteiger partial charge in [0.15, 0.2) is 8.32 Å². The molecule has 0 fully saturated rings. The summed E-state index contributed by atoms with van der Waals surface area (Å²) in [4.78, 5) is 24.6. The van der Waals surface area contributed by atoms with Gasteiger partial charge >= 0.3 is 8.56 Å². The van der Waals surface area contributed by atoms with Crippen LogP contribution in [-0.2, 0) is 18.1 Å². The van der Waals surface area contributed by atoms with Gasteiger partial charge in [-0.1, -0.05) is 34.6 Å². The van der Waals surface area contributed by atoms with Crippen molar-refractivity contribution in [2.75, 3.05) is 33.3 Å². The number of nitrogens with one attached hydrogen (secondary N) is 2. The molecule has 10 heteroatoms. The first-order valence-electron chi connectivity index (χ1n) is 10.3. The first kappa shape index (κ1) is 33.8. The fraction of sp³-hybridized carbons (Fsp3) is 0.900. The van der Waals surface area contributed by atoms with Gasteiger partial charge in [0.2, 0.25) is 11.8 Å². The molecular formula is C20H50N4O4Si2. The third kappa shape index (κ3) is 15.1. The minimum absolute atomic E-state index is 0. The molecule has 0 aromatic carbocycles. The van der Waals surface area contributed by atoms with E-state index in [2.05, 4.69) is 37.2 Å². The lowest BCUT2D eigenvalue weighted by atomic mass is 9.98. The van der Waals surface area contributed by atoms with E-state index in [9.17, 15) is 9.59 Å². The minimum Gasteiger partial charge on any atom is -0.436 e. The standard InChI is InChI=1S/C18H42N4O4Si2.2CH4/c1-6-13-28(25-2,26-27(3,4)5)14-7-8-16(18(24)22-12-10-20)15-17(23)21-11-9-19;;/h16H,6-15,19-20H2,1-5H3,(H,21,23)(H,22,24);2*1H4. The fourth-order valence-corrected chi connectivity index (χ4v) is 11.0. The van der Waals surface area contributed by atoms with Crippen molar-refractivity contribution in [2.45, 2.75) is 79.2 Å². The topological polar surface area (TPSA) is 129 Å². The Morgan fingerprint density at radius 3 is 2.03 bits per heavy atom. The molecule has 182 valence electrons. The van der Waals surface area contributed by atoms with Gasteiger partial charge in [0.1, 0.15) is 0 Å². The maximum atomic E-state index is 12.5. The van der Waals surface area contributed by atoms with E-state index < -0.39 is 16.9 Å². The largest absolute Gasteiger partial charge is 0.436 e. The average molecular weight is 467 g/mol. The summed E-state index contributed by atoms with van der Waals surface area (Å²) in [5.74, 6) is -0.665. The van der Waals surface area contributed by atoms with E-state index in [0.29, 0.717) is 32.6 Å². The third-order valence-corrected chi connectivity index (χ3v) is 11.4. The number of amides is 2. The Hall–Kier alpha value is -0.786. The molecule has 2 unspecified atom stereocenters. The highest BCUT2D eigenvalue weighted by Crippen LogP contribution is 2.28. The van der Waals surface area contributed by atoms with Crippen LogP contribution in [0, 0.1) is 5.92 Å². The van der Waals surface area contributed by atoms with Crippen LogP contribution in [0.1, 0.15) is 47.5 Å². The Balaban J connectivity index is -0.00000364. The molecule has 0 aliphatic rings. The second-order valence-electron chi connectivity index (χ2n) is 8.09. The van der Waals surface area contributed by atoms with Crippen molar-refractivity contribution in [1.29, 1.82) is 0 Å². The maximum absolute atomic E-state index is 12.5. The molecule has 6 N–H and O–H groups in total. The van der Waals surface area contributed by atoms with Gasteiger partial charge in [-0.3, -0.25) is 9.59 Å². The Morgan fingerprint density at radius 1 is 1.00 bits per heavy atom. The van der Waals surface area contributed by atoms with E-state index in [-0.39, 0.29) is 39.0 Å². The minimum atomic E-state index is -2.30. The monoisotopic (exact) mass is 466 g/mol. The van der Waals surface area contributed by atoms with Crippen molar-refractivity contribution in [2.24, 2.45) is 17.4 Å². The molecular weight excluding hydrogens is 416 g/mol. The molecule has 0 aromatic heterocycles. The van der Waals surface area contributed by atoms with Crippen LogP contribution in [0.2, 0.25) is 31.7 Å². The zero-order chi connectivity index (χ0) is 21.6. The lowest BCUT2D eigenvalue weighted by Gasteiger charge is -2.35. The summed E-state index contributed by atoms with van der Waals surface area (Å²) in [5, 5.41) is 5.55. The summed E-state index contributed by atoms with van der Waals surface area (Å²) in [5.41, 5.74) is 10.9. The van der Waals surface area contributed by atoms with Gasteiger partial charge in [0.05, 0.1) is 0 Å². The molecule has 0 heterocycles. The molecule has 0 aliphatic carbocycles. The first-order valence-corrected chi connectivity index (χ1v) is 16.0. The molecule has 0 bridgehead atoms. The summed E-state index contributed by atoms with van der Waals surface area (Å²) in [7, 11) is -2.30. The smallest absolute Gasteiger partial charge is 0.327 e. The summed E-state index contributed by atoms with van der Waals surface area (Å²) >= 11 is 0. The van der Waals surface area contributed by atoms with Crippen molar-refractivity contribution < 1.29 is 18.1 Å². The van der Waals surface area contributed by atoms with E-state index in [1.54, 1.807) is 7.11 Å². The van der Waals surface area contributed by atoms with Crippen molar-refractivity contribution in [3.63, 3.8) is 0 Å². The lowest BCUT2D eigenvalue weighted by Crippen LogP contribution is -2.49. The van der Waals surface area contributed by atoms with Crippen LogP contribution in [0.5, 0.6) is 0 Å². The SMILES string of the molecule is C.C.CCC[Si](CCCC(CC(=O)NCCN)C(=O)NCCN)(OC)O[Si](C)(C)C. The second-order valence-corrected chi connectivity index (χ2v) is 16.4. The van der Waals surface area contributed by atoms with Crippen LogP contribution < -0.4 is 22.1 Å². The first-order chi connectivity index (χ1) is 13.1. The predicted molar refractivity (Wildman–Crippen MR) is 132 cm³/mol. The van der Waals surface area contributed by atoms with Crippen molar-refractivity contribution in [3.05, 3.63) is 0 Å². The van der Waals surface area contributed by atoms with Gasteiger partial charge < -0.3 is 30.6 Å². The molecule has 0 rings (SSSR count). The summed E-state index contributed by atoms with van der Waals surface area (Å²) < 4.78 is 12.4. The van der Waals surface area contributed by atoms with Gasteiger partial charge in [-0.15, -0.1) is 0 Å². The molecule has 2 atom stereocenters. The van der Waals surface area contributed by atoms with Crippen LogP contribution in [-0.4, -0.2) is 62.0 Å².